The third-order valence-electron chi connectivity index (χ3n) is 27.3. The third-order valence-corrected chi connectivity index (χ3v) is 27.3. The summed E-state index contributed by atoms with van der Waals surface area (Å²) in [6, 6.07) is 63.8. The third kappa shape index (κ3) is 50.0. The van der Waals surface area contributed by atoms with Crippen LogP contribution in [0.15, 0.2) is 176 Å². The highest BCUT2D eigenvalue weighted by Gasteiger charge is 2.29. The quantitative estimate of drug-likeness (QED) is 0.0368. The van der Waals surface area contributed by atoms with E-state index in [1.807, 2.05) is 18.2 Å². The van der Waals surface area contributed by atoms with Gasteiger partial charge in [-0.15, -0.1) is 0 Å². The lowest BCUT2D eigenvalue weighted by Gasteiger charge is -2.37. The minimum absolute atomic E-state index is 0.0846. The Balaban J connectivity index is 0.000000188. The number of rotatable bonds is 20. The zero-order valence-corrected chi connectivity index (χ0v) is 98.1. The number of anilines is 6. The second-order valence-electron chi connectivity index (χ2n) is 53.9. The van der Waals surface area contributed by atoms with Crippen LogP contribution in [-0.2, 0) is 51.4 Å². The topological polar surface area (TPSA) is 134 Å². The molecule has 4 unspecified atom stereocenters. The fraction of sp³-hybridized carbons (Fsp3) is 0.628. The Morgan fingerprint density at radius 1 is 0.284 bits per heavy atom. The molecule has 0 aromatic heterocycles. The van der Waals surface area contributed by atoms with Crippen molar-refractivity contribution in [2.24, 2.45) is 43.3 Å². The van der Waals surface area contributed by atoms with Crippen LogP contribution in [0.4, 0.5) is 47.3 Å². The molecule has 0 spiro atoms. The van der Waals surface area contributed by atoms with Crippen LogP contribution in [0.5, 0.6) is 11.5 Å². The number of halogens is 3. The van der Waals surface area contributed by atoms with Crippen molar-refractivity contribution in [3.8, 4) is 11.5 Å². The minimum Gasteiger partial charge on any atom is -0.490 e. The smallest absolute Gasteiger partial charge is 0.146 e. The highest BCUT2D eigenvalue weighted by Crippen LogP contribution is 2.35. The number of benzene rings is 8. The highest BCUT2D eigenvalue weighted by atomic mass is 19.1. The van der Waals surface area contributed by atoms with Crippen molar-refractivity contribution in [3.63, 3.8) is 0 Å². The molecule has 8 fully saturated rings. The number of likely N-dealkylation sites (N-methyl/N-ethyl adjacent to an activating group) is 2. The molecule has 8 aliphatic heterocycles. The molecule has 8 heterocycles. The summed E-state index contributed by atoms with van der Waals surface area (Å²) in [4.78, 5) is 13.6. The van der Waals surface area contributed by atoms with Gasteiger partial charge in [0.05, 0.1) is 17.1 Å². The second kappa shape index (κ2) is 58.6. The van der Waals surface area contributed by atoms with Gasteiger partial charge in [0.15, 0.2) is 0 Å². The maximum atomic E-state index is 14.4. The summed E-state index contributed by atoms with van der Waals surface area (Å²) in [6.07, 6.45) is 18.9. The van der Waals surface area contributed by atoms with E-state index in [-0.39, 0.29) is 33.7 Å². The number of ether oxygens (including phenoxy) is 2. The van der Waals surface area contributed by atoms with Gasteiger partial charge < -0.3 is 81.4 Å². The van der Waals surface area contributed by atoms with E-state index in [0.29, 0.717) is 69.5 Å². The second-order valence-corrected chi connectivity index (χ2v) is 53.9. The minimum atomic E-state index is -0.0898. The fourth-order valence-electron chi connectivity index (χ4n) is 21.0. The standard InChI is InChI=1S/C17H27FN2.C17H28N2.C17H27NO.C16H25FN2.C16H26N2.C16H25NO.C15H23FN2.C15H24N2/c1-12-10-20(11-13(2)19-12)16-7-6-14(8-15(16)18)9-17(3,4)5;1-17(2,3)12-14-7-9-15(10-8-14)18-16-6-5-11-19(4)13-16;1-17(2,3)12-14-7-9-15(10-8-14)19-16-6-5-11-18(4)13-16;1-12-11-19(8-7-18-12)15-6-5-13(9-14(15)17)10-16(2,3)4;1-16(2,3)11-13-6-8-14(9-7-13)18-15-5-4-10-17-12-15;1-16(2,3)12-13-4-6-14(7-5-13)18-15-8-10-17-11-9-15;1-15(2,3)11-12-4-5-14(13(16)10-12)18-8-6-17-7-9-18;1-15(2,3)12-13-4-6-14(7-5-13)17-10-8-16-9-11-17/h6-8,12-13,19H,9-11H2,1-5H3;7-10,16,18H,5-6,11-13H2,1-4H3;7-10,16H,5-6,11-13H2,1-4H3;5-6,9,12,18H,7-8,10-11H2,1-4H3;6-9,15,17-18H,4-5,10-12H2,1-3H3;4-7,15,17H,8-12H2,1-3H3;4-5,10,17H,6-9,11H2,1-3H3;4-7,16H,8-12H2,1-3H3/t12-,13+;;;;;;;. The molecule has 0 bridgehead atoms. The van der Waals surface area contributed by atoms with Crippen LogP contribution < -0.4 is 71.6 Å². The molecule has 8 aromatic carbocycles. The molecule has 0 aliphatic carbocycles. The molecule has 6 atom stereocenters. The van der Waals surface area contributed by atoms with Crippen molar-refractivity contribution in [2.45, 2.75) is 332 Å². The molecule has 148 heavy (non-hydrogen) atoms. The molecule has 0 saturated carbocycles. The SMILES string of the molecule is CC(C)(C)Cc1ccc(N2CCNCC2)c(F)c1.CC(C)(C)Cc1ccc(N2CCNCC2)cc1.CC(C)(C)Cc1ccc(NC2CCCNC2)cc1.CC(C)(C)Cc1ccc(OC2CCNCC2)cc1.CC1CN(c2ccc(CC(C)(C)C)cc2F)CCN1.CN1CCCC(Nc2ccc(CC(C)(C)C)cc2)C1.CN1CCCC(Oc2ccc(CC(C)(C)C)cc2)C1.C[C@@H]1CN(c2ccc(CC(C)(C)C)cc2F)C[C@H](C)N1. The average molecular weight is 2040 g/mol. The Bertz CT molecular complexity index is 4880. The monoisotopic (exact) mass is 2040 g/mol. The first-order valence-corrected chi connectivity index (χ1v) is 56.9. The van der Waals surface area contributed by atoms with Crippen molar-refractivity contribution < 1.29 is 22.6 Å². The van der Waals surface area contributed by atoms with E-state index in [2.05, 4.69) is 412 Å². The van der Waals surface area contributed by atoms with E-state index in [4.69, 9.17) is 9.47 Å². The van der Waals surface area contributed by atoms with Gasteiger partial charge in [0, 0.05) is 152 Å². The number of piperazine rings is 4. The zero-order valence-electron chi connectivity index (χ0n) is 98.1. The summed E-state index contributed by atoms with van der Waals surface area (Å²) in [7, 11) is 4.38. The van der Waals surface area contributed by atoms with Crippen molar-refractivity contribution in [1.82, 2.24) is 41.7 Å². The van der Waals surface area contributed by atoms with Gasteiger partial charge in [-0.05, 0) is 355 Å². The number of likely N-dealkylation sites (tertiary alicyclic amines) is 2. The van der Waals surface area contributed by atoms with Crippen LogP contribution in [0.2, 0.25) is 0 Å². The Labute approximate surface area is 899 Å². The van der Waals surface area contributed by atoms with Crippen LogP contribution in [0.25, 0.3) is 0 Å². The lowest BCUT2D eigenvalue weighted by molar-refractivity contribution is 0.104. The Morgan fingerprint density at radius 2 is 0.601 bits per heavy atom. The molecule has 824 valence electrons. The van der Waals surface area contributed by atoms with E-state index in [9.17, 15) is 13.2 Å². The Hall–Kier alpha value is -8.37. The van der Waals surface area contributed by atoms with Gasteiger partial charge in [-0.1, -0.05) is 245 Å². The molecule has 0 amide bonds. The summed E-state index contributed by atoms with van der Waals surface area (Å²) in [5, 5.41) is 27.6. The molecule has 19 heteroatoms. The van der Waals surface area contributed by atoms with Gasteiger partial charge in [-0.2, -0.15) is 0 Å². The molecule has 16 rings (SSSR count). The summed E-state index contributed by atoms with van der Waals surface area (Å²) < 4.78 is 54.9. The molecule has 0 radical (unpaired) electrons. The van der Waals surface area contributed by atoms with E-state index in [1.165, 1.54) is 103 Å². The first-order valence-electron chi connectivity index (χ1n) is 56.9. The summed E-state index contributed by atoms with van der Waals surface area (Å²) in [5.74, 6) is 1.76. The molecular weight excluding hydrogens is 1830 g/mol. The van der Waals surface area contributed by atoms with Crippen molar-refractivity contribution >= 4 is 34.1 Å². The van der Waals surface area contributed by atoms with Crippen LogP contribution in [0.1, 0.15) is 283 Å². The predicted molar refractivity (Wildman–Crippen MR) is 632 cm³/mol. The first kappa shape index (κ1) is 123. The summed E-state index contributed by atoms with van der Waals surface area (Å²) >= 11 is 0. The molecule has 8 saturated heterocycles. The van der Waals surface area contributed by atoms with Gasteiger partial charge >= 0.3 is 0 Å². The van der Waals surface area contributed by atoms with Crippen LogP contribution in [-0.4, -0.2) is 204 Å². The van der Waals surface area contributed by atoms with Crippen molar-refractivity contribution in [3.05, 3.63) is 238 Å². The van der Waals surface area contributed by atoms with Gasteiger partial charge in [0.2, 0.25) is 0 Å². The zero-order chi connectivity index (χ0) is 108. The number of piperidine rings is 4. The summed E-state index contributed by atoms with van der Waals surface area (Å²) in [5.41, 5.74) is 18.8. The number of nitrogens with one attached hydrogen (secondary N) is 8. The van der Waals surface area contributed by atoms with Gasteiger partial charge in [0.1, 0.15) is 41.2 Å². The van der Waals surface area contributed by atoms with Crippen LogP contribution >= 0.6 is 0 Å². The molecule has 8 N–H and O–H groups in total. The number of nitrogens with zero attached hydrogens (tertiary/aromatic N) is 6. The average Bonchev–Trinajstić information content (AvgIpc) is 0.805. The maximum absolute atomic E-state index is 14.4. The predicted octanol–water partition coefficient (Wildman–Crippen LogP) is 26.7. The van der Waals surface area contributed by atoms with Gasteiger partial charge in [0.25, 0.3) is 0 Å². The molecule has 8 aromatic rings. The van der Waals surface area contributed by atoms with Gasteiger partial charge in [-0.3, -0.25) is 0 Å². The van der Waals surface area contributed by atoms with E-state index in [0.717, 1.165) is 227 Å². The Morgan fingerprint density at radius 3 is 0.973 bits per heavy atom. The highest BCUT2D eigenvalue weighted by molar-refractivity contribution is 5.54. The lowest BCUT2D eigenvalue weighted by atomic mass is 9.88. The van der Waals surface area contributed by atoms with Crippen molar-refractivity contribution in [1.29, 1.82) is 0 Å². The molecular formula is C129H205F3N14O2. The summed E-state index contributed by atoms with van der Waals surface area (Å²) in [6.45, 7) is 81.8. The van der Waals surface area contributed by atoms with Gasteiger partial charge in [-0.25, -0.2) is 13.2 Å². The molecule has 16 nitrogen and oxygen atoms in total. The number of hydrogen-bond acceptors (Lipinski definition) is 16. The fourth-order valence-corrected chi connectivity index (χ4v) is 21.0. The maximum Gasteiger partial charge on any atom is 0.146 e. The Kier molecular flexibility index (Phi) is 48.8. The van der Waals surface area contributed by atoms with E-state index in [1.54, 1.807) is 18.2 Å². The van der Waals surface area contributed by atoms with E-state index < -0.39 is 0 Å². The van der Waals surface area contributed by atoms with Crippen molar-refractivity contribution in [2.75, 3.05) is 182 Å². The van der Waals surface area contributed by atoms with Crippen LogP contribution in [0.3, 0.4) is 0 Å². The molecule has 8 aliphatic rings. The largest absolute Gasteiger partial charge is 0.490 e. The number of hydrogen-bond donors (Lipinski definition) is 8. The van der Waals surface area contributed by atoms with E-state index >= 15 is 0 Å². The first-order chi connectivity index (χ1) is 69.5. The van der Waals surface area contributed by atoms with Crippen LogP contribution in [0, 0.1) is 60.8 Å². The lowest BCUT2D eigenvalue weighted by Crippen LogP contribution is -2.54. The normalized spacial score (nSPS) is 20.1.